The average molecular weight is 234 g/mol. The molecule has 0 unspecified atom stereocenters. The highest BCUT2D eigenvalue weighted by molar-refractivity contribution is 5.47. The second-order valence-corrected chi connectivity index (χ2v) is 7.02. The van der Waals surface area contributed by atoms with Gasteiger partial charge in [0.1, 0.15) is 5.75 Å². The molecule has 17 heavy (non-hydrogen) atoms. The number of phenols is 1. The molecular weight excluding hydrogens is 208 g/mol. The molecule has 0 aliphatic carbocycles. The Balaban J connectivity index is 3.20. The summed E-state index contributed by atoms with van der Waals surface area (Å²) in [5.74, 6) is 0.472. The molecule has 0 bridgehead atoms. The van der Waals surface area contributed by atoms with Crippen LogP contribution in [0.25, 0.3) is 0 Å². The van der Waals surface area contributed by atoms with Gasteiger partial charge in [0.25, 0.3) is 0 Å². The Morgan fingerprint density at radius 1 is 1.00 bits per heavy atom. The molecule has 0 saturated carbocycles. The number of hydrogen-bond acceptors (Lipinski definition) is 1. The van der Waals surface area contributed by atoms with Crippen LogP contribution in [-0.2, 0) is 5.41 Å². The number of benzene rings is 1. The lowest BCUT2D eigenvalue weighted by Crippen LogP contribution is -2.25. The Kier molecular flexibility index (Phi) is 3.61. The SMILES string of the molecule is Cc1ccc(C(C)(C)CC(C)(C)C)c(O)c1C. The highest BCUT2D eigenvalue weighted by Gasteiger charge is 2.29. The van der Waals surface area contributed by atoms with Crippen LogP contribution in [0.3, 0.4) is 0 Å². The van der Waals surface area contributed by atoms with E-state index in [1.54, 1.807) is 0 Å². The van der Waals surface area contributed by atoms with Crippen LogP contribution < -0.4 is 0 Å². The highest BCUT2D eigenvalue weighted by Crippen LogP contribution is 2.41. The predicted molar refractivity (Wildman–Crippen MR) is 74.7 cm³/mol. The van der Waals surface area contributed by atoms with Gasteiger partial charge in [0.05, 0.1) is 0 Å². The molecule has 0 aliphatic heterocycles. The summed E-state index contributed by atoms with van der Waals surface area (Å²) >= 11 is 0. The van der Waals surface area contributed by atoms with Crippen LogP contribution in [0.2, 0.25) is 0 Å². The summed E-state index contributed by atoms with van der Waals surface area (Å²) in [6.07, 6.45) is 1.05. The molecule has 1 N–H and O–H groups in total. The highest BCUT2D eigenvalue weighted by atomic mass is 16.3. The van der Waals surface area contributed by atoms with Gasteiger partial charge in [-0.2, -0.15) is 0 Å². The van der Waals surface area contributed by atoms with Gasteiger partial charge in [0, 0.05) is 0 Å². The molecule has 0 spiro atoms. The van der Waals surface area contributed by atoms with E-state index in [0.29, 0.717) is 5.75 Å². The monoisotopic (exact) mass is 234 g/mol. The van der Waals surface area contributed by atoms with Crippen molar-refractivity contribution in [2.45, 2.75) is 60.3 Å². The van der Waals surface area contributed by atoms with Gasteiger partial charge in [-0.3, -0.25) is 0 Å². The van der Waals surface area contributed by atoms with Crippen molar-refractivity contribution in [1.29, 1.82) is 0 Å². The van der Waals surface area contributed by atoms with E-state index in [-0.39, 0.29) is 10.8 Å². The molecule has 0 saturated heterocycles. The maximum Gasteiger partial charge on any atom is 0.122 e. The van der Waals surface area contributed by atoms with Gasteiger partial charge in [-0.1, -0.05) is 46.8 Å². The lowest BCUT2D eigenvalue weighted by atomic mass is 9.71. The normalized spacial score (nSPS) is 12.9. The van der Waals surface area contributed by atoms with Gasteiger partial charge in [0.2, 0.25) is 0 Å². The first-order valence-electron chi connectivity index (χ1n) is 6.34. The first-order chi connectivity index (χ1) is 7.54. The second kappa shape index (κ2) is 4.36. The zero-order valence-electron chi connectivity index (χ0n) is 12.3. The van der Waals surface area contributed by atoms with E-state index in [2.05, 4.69) is 46.8 Å². The van der Waals surface area contributed by atoms with Crippen LogP contribution in [0, 0.1) is 19.3 Å². The van der Waals surface area contributed by atoms with Crippen molar-refractivity contribution < 1.29 is 5.11 Å². The molecule has 0 heterocycles. The molecule has 0 amide bonds. The van der Waals surface area contributed by atoms with Crippen LogP contribution in [0.1, 0.15) is 57.7 Å². The van der Waals surface area contributed by atoms with E-state index in [1.807, 2.05) is 13.8 Å². The first-order valence-corrected chi connectivity index (χ1v) is 6.34. The smallest absolute Gasteiger partial charge is 0.122 e. The molecule has 96 valence electrons. The topological polar surface area (TPSA) is 20.2 Å². The molecule has 0 atom stereocenters. The van der Waals surface area contributed by atoms with Gasteiger partial charge in [-0.25, -0.2) is 0 Å². The molecule has 1 nitrogen and oxygen atoms in total. The molecule has 0 aromatic heterocycles. The average Bonchev–Trinajstić information content (AvgIpc) is 2.09. The van der Waals surface area contributed by atoms with Crippen molar-refractivity contribution >= 4 is 0 Å². The predicted octanol–water partition coefficient (Wildman–Crippen LogP) is 4.72. The van der Waals surface area contributed by atoms with Crippen LogP contribution >= 0.6 is 0 Å². The van der Waals surface area contributed by atoms with E-state index >= 15 is 0 Å². The minimum Gasteiger partial charge on any atom is -0.507 e. The quantitative estimate of drug-likeness (QED) is 0.784. The van der Waals surface area contributed by atoms with Crippen LogP contribution in [0.4, 0.5) is 0 Å². The molecule has 1 rings (SSSR count). The van der Waals surface area contributed by atoms with Gasteiger partial charge in [-0.05, 0) is 47.8 Å². The Morgan fingerprint density at radius 2 is 1.53 bits per heavy atom. The zero-order valence-corrected chi connectivity index (χ0v) is 12.3. The molecule has 1 aromatic carbocycles. The fourth-order valence-electron chi connectivity index (χ4n) is 2.77. The largest absolute Gasteiger partial charge is 0.507 e. The van der Waals surface area contributed by atoms with Crippen LogP contribution in [0.15, 0.2) is 12.1 Å². The third-order valence-corrected chi connectivity index (χ3v) is 3.40. The molecule has 0 fully saturated rings. The maximum atomic E-state index is 10.3. The van der Waals surface area contributed by atoms with E-state index in [1.165, 1.54) is 0 Å². The molecular formula is C16H26O. The van der Waals surface area contributed by atoms with E-state index in [0.717, 1.165) is 23.1 Å². The summed E-state index contributed by atoms with van der Waals surface area (Å²) in [6, 6.07) is 4.18. The molecule has 1 heteroatoms. The standard InChI is InChI=1S/C16H26O/c1-11-8-9-13(14(17)12(11)2)16(6,7)10-15(3,4)5/h8-9,17H,10H2,1-7H3. The Bertz CT molecular complexity index is 408. The van der Waals surface area contributed by atoms with Crippen LogP contribution in [0.5, 0.6) is 5.75 Å². The fraction of sp³-hybridized carbons (Fsp3) is 0.625. The summed E-state index contributed by atoms with van der Waals surface area (Å²) < 4.78 is 0. The van der Waals surface area contributed by atoms with Crippen molar-refractivity contribution in [3.8, 4) is 5.75 Å². The van der Waals surface area contributed by atoms with E-state index in [4.69, 9.17) is 0 Å². The summed E-state index contributed by atoms with van der Waals surface area (Å²) in [6.45, 7) is 15.2. The fourth-order valence-corrected chi connectivity index (χ4v) is 2.77. The number of phenolic OH excluding ortho intramolecular Hbond substituents is 1. The summed E-state index contributed by atoms with van der Waals surface area (Å²) in [5.41, 5.74) is 3.48. The number of aromatic hydroxyl groups is 1. The third kappa shape index (κ3) is 3.24. The number of rotatable bonds is 2. The van der Waals surface area contributed by atoms with Gasteiger partial charge in [-0.15, -0.1) is 0 Å². The van der Waals surface area contributed by atoms with Crippen molar-refractivity contribution in [2.24, 2.45) is 5.41 Å². The van der Waals surface area contributed by atoms with Crippen molar-refractivity contribution in [1.82, 2.24) is 0 Å². The summed E-state index contributed by atoms with van der Waals surface area (Å²) in [7, 11) is 0. The van der Waals surface area contributed by atoms with Crippen LogP contribution in [-0.4, -0.2) is 5.11 Å². The first kappa shape index (κ1) is 14.1. The zero-order chi connectivity index (χ0) is 13.4. The molecule has 0 radical (unpaired) electrons. The van der Waals surface area contributed by atoms with E-state index < -0.39 is 0 Å². The van der Waals surface area contributed by atoms with Gasteiger partial charge < -0.3 is 5.11 Å². The second-order valence-electron chi connectivity index (χ2n) is 7.02. The van der Waals surface area contributed by atoms with Crippen molar-refractivity contribution in [2.75, 3.05) is 0 Å². The Labute approximate surface area is 106 Å². The van der Waals surface area contributed by atoms with Gasteiger partial charge >= 0.3 is 0 Å². The van der Waals surface area contributed by atoms with Crippen molar-refractivity contribution in [3.05, 3.63) is 28.8 Å². The van der Waals surface area contributed by atoms with Crippen molar-refractivity contribution in [3.63, 3.8) is 0 Å². The maximum absolute atomic E-state index is 10.3. The Morgan fingerprint density at radius 3 is 2.00 bits per heavy atom. The summed E-state index contributed by atoms with van der Waals surface area (Å²) in [5, 5.41) is 10.3. The van der Waals surface area contributed by atoms with E-state index in [9.17, 15) is 5.11 Å². The third-order valence-electron chi connectivity index (χ3n) is 3.40. The van der Waals surface area contributed by atoms with Gasteiger partial charge in [0.15, 0.2) is 0 Å². The molecule has 1 aromatic rings. The lowest BCUT2D eigenvalue weighted by molar-refractivity contribution is 0.278. The number of aryl methyl sites for hydroxylation is 1. The summed E-state index contributed by atoms with van der Waals surface area (Å²) in [4.78, 5) is 0. The minimum atomic E-state index is 0.000787. The number of hydrogen-bond donors (Lipinski definition) is 1. The minimum absolute atomic E-state index is 0.000787. The molecule has 0 aliphatic rings. The Hall–Kier alpha value is -0.980. The lowest BCUT2D eigenvalue weighted by Gasteiger charge is -2.33.